The predicted molar refractivity (Wildman–Crippen MR) is 101 cm³/mol. The van der Waals surface area contributed by atoms with Crippen LogP contribution in [-0.2, 0) is 0 Å². The van der Waals surface area contributed by atoms with Crippen molar-refractivity contribution in [1.82, 2.24) is 0 Å². The van der Waals surface area contributed by atoms with E-state index in [1.54, 1.807) is 12.1 Å². The molecule has 0 aliphatic heterocycles. The number of rotatable bonds is 6. The van der Waals surface area contributed by atoms with Gasteiger partial charge in [0.1, 0.15) is 11.5 Å². The van der Waals surface area contributed by atoms with E-state index in [0.29, 0.717) is 23.3 Å². The maximum atomic E-state index is 9.91. The molecule has 0 amide bonds. The molecule has 2 heteroatoms. The monoisotopic (exact) mass is 326 g/mol. The van der Waals surface area contributed by atoms with Gasteiger partial charge in [-0.3, -0.25) is 0 Å². The van der Waals surface area contributed by atoms with Crippen LogP contribution in [0.1, 0.15) is 87.5 Å². The van der Waals surface area contributed by atoms with Gasteiger partial charge in [0.05, 0.1) is 0 Å². The highest BCUT2D eigenvalue weighted by Gasteiger charge is 2.22. The molecule has 0 aliphatic carbocycles. The van der Waals surface area contributed by atoms with Crippen molar-refractivity contribution in [1.29, 1.82) is 0 Å². The SMILES string of the molecule is CCCC(c1ccc(O)cc1C(C)C)c1ccc(O)cc1C(C)C. The van der Waals surface area contributed by atoms with Crippen molar-refractivity contribution in [2.45, 2.75) is 65.2 Å². The molecule has 130 valence electrons. The Morgan fingerprint density at radius 3 is 1.46 bits per heavy atom. The lowest BCUT2D eigenvalue weighted by atomic mass is 9.79. The highest BCUT2D eigenvalue weighted by molar-refractivity contribution is 5.47. The number of benzene rings is 2. The Morgan fingerprint density at radius 1 is 0.708 bits per heavy atom. The van der Waals surface area contributed by atoms with E-state index in [0.717, 1.165) is 12.8 Å². The second-order valence-electron chi connectivity index (χ2n) is 7.28. The third-order valence-electron chi connectivity index (χ3n) is 4.71. The Hall–Kier alpha value is -1.96. The number of phenols is 2. The highest BCUT2D eigenvalue weighted by atomic mass is 16.3. The molecule has 0 fully saturated rings. The molecule has 0 atom stereocenters. The van der Waals surface area contributed by atoms with Crippen LogP contribution in [0, 0.1) is 0 Å². The van der Waals surface area contributed by atoms with Gasteiger partial charge in [-0.25, -0.2) is 0 Å². The summed E-state index contributed by atoms with van der Waals surface area (Å²) < 4.78 is 0. The van der Waals surface area contributed by atoms with Crippen molar-refractivity contribution < 1.29 is 10.2 Å². The fraction of sp³-hybridized carbons (Fsp3) is 0.455. The van der Waals surface area contributed by atoms with E-state index in [1.165, 1.54) is 22.3 Å². The molecule has 0 bridgehead atoms. The summed E-state index contributed by atoms with van der Waals surface area (Å²) >= 11 is 0. The predicted octanol–water partition coefficient (Wildman–Crippen LogP) is 6.28. The number of hydrogen-bond donors (Lipinski definition) is 2. The van der Waals surface area contributed by atoms with Crippen LogP contribution < -0.4 is 0 Å². The topological polar surface area (TPSA) is 40.5 Å². The lowest BCUT2D eigenvalue weighted by molar-refractivity contribution is 0.473. The molecule has 2 aromatic rings. The van der Waals surface area contributed by atoms with Crippen LogP contribution in [0.4, 0.5) is 0 Å². The fourth-order valence-electron chi connectivity index (χ4n) is 3.53. The quantitative estimate of drug-likeness (QED) is 0.656. The van der Waals surface area contributed by atoms with Gasteiger partial charge in [0.2, 0.25) is 0 Å². The normalized spacial score (nSPS) is 11.7. The lowest BCUT2D eigenvalue weighted by Gasteiger charge is -2.26. The van der Waals surface area contributed by atoms with Gasteiger partial charge in [-0.05, 0) is 64.8 Å². The van der Waals surface area contributed by atoms with Crippen molar-refractivity contribution in [2.75, 3.05) is 0 Å². The average molecular weight is 326 g/mol. The minimum atomic E-state index is 0.283. The Kier molecular flexibility index (Phi) is 5.93. The molecule has 0 heterocycles. The van der Waals surface area contributed by atoms with Crippen molar-refractivity contribution in [2.24, 2.45) is 0 Å². The van der Waals surface area contributed by atoms with E-state index in [-0.39, 0.29) is 5.92 Å². The maximum Gasteiger partial charge on any atom is 0.115 e. The molecule has 0 saturated carbocycles. The zero-order valence-electron chi connectivity index (χ0n) is 15.5. The van der Waals surface area contributed by atoms with Gasteiger partial charge in [0, 0.05) is 5.92 Å². The van der Waals surface area contributed by atoms with Gasteiger partial charge in [-0.1, -0.05) is 53.2 Å². The third-order valence-corrected chi connectivity index (χ3v) is 4.71. The summed E-state index contributed by atoms with van der Waals surface area (Å²) in [5, 5.41) is 19.8. The van der Waals surface area contributed by atoms with Crippen LogP contribution in [0.3, 0.4) is 0 Å². The average Bonchev–Trinajstić information content (AvgIpc) is 2.53. The molecular weight excluding hydrogens is 296 g/mol. The fourth-order valence-corrected chi connectivity index (χ4v) is 3.53. The number of phenolic OH excluding ortho intramolecular Hbond substituents is 2. The van der Waals surface area contributed by atoms with Crippen LogP contribution in [0.5, 0.6) is 11.5 Å². The molecule has 0 saturated heterocycles. The van der Waals surface area contributed by atoms with E-state index < -0.39 is 0 Å². The molecule has 0 radical (unpaired) electrons. The zero-order valence-corrected chi connectivity index (χ0v) is 15.5. The van der Waals surface area contributed by atoms with Gasteiger partial charge in [0.15, 0.2) is 0 Å². The maximum absolute atomic E-state index is 9.91. The molecule has 0 aliphatic rings. The first kappa shape index (κ1) is 18.4. The Bertz CT molecular complexity index is 629. The van der Waals surface area contributed by atoms with E-state index >= 15 is 0 Å². The second kappa shape index (κ2) is 7.74. The van der Waals surface area contributed by atoms with E-state index in [1.807, 2.05) is 12.1 Å². The van der Waals surface area contributed by atoms with Crippen molar-refractivity contribution in [3.05, 3.63) is 58.7 Å². The standard InChI is InChI=1S/C22H30O2/c1-6-7-18(19-10-8-16(23)12-21(19)14(2)3)20-11-9-17(24)13-22(20)15(4)5/h8-15,18,23-24H,6-7H2,1-5H3. The summed E-state index contributed by atoms with van der Waals surface area (Å²) in [5.41, 5.74) is 4.99. The van der Waals surface area contributed by atoms with Crippen LogP contribution in [0.15, 0.2) is 36.4 Å². The highest BCUT2D eigenvalue weighted by Crippen LogP contribution is 2.40. The van der Waals surface area contributed by atoms with Crippen molar-refractivity contribution in [3.63, 3.8) is 0 Å². The van der Waals surface area contributed by atoms with E-state index in [9.17, 15) is 10.2 Å². The summed E-state index contributed by atoms with van der Waals surface area (Å²) in [4.78, 5) is 0. The largest absolute Gasteiger partial charge is 0.508 e. The van der Waals surface area contributed by atoms with E-state index in [4.69, 9.17) is 0 Å². The number of hydrogen-bond acceptors (Lipinski definition) is 2. The summed E-state index contributed by atoms with van der Waals surface area (Å²) in [6.45, 7) is 10.9. The minimum absolute atomic E-state index is 0.283. The summed E-state index contributed by atoms with van der Waals surface area (Å²) in [5.74, 6) is 1.64. The van der Waals surface area contributed by atoms with Gasteiger partial charge in [0.25, 0.3) is 0 Å². The van der Waals surface area contributed by atoms with Crippen LogP contribution in [0.2, 0.25) is 0 Å². The van der Waals surface area contributed by atoms with Crippen LogP contribution in [-0.4, -0.2) is 10.2 Å². The van der Waals surface area contributed by atoms with Gasteiger partial charge >= 0.3 is 0 Å². The first-order valence-electron chi connectivity index (χ1n) is 9.00. The molecule has 2 N–H and O–H groups in total. The van der Waals surface area contributed by atoms with Crippen LogP contribution in [0.25, 0.3) is 0 Å². The molecule has 0 aromatic heterocycles. The van der Waals surface area contributed by atoms with Gasteiger partial charge in [-0.15, -0.1) is 0 Å². The van der Waals surface area contributed by atoms with Crippen LogP contribution >= 0.6 is 0 Å². The minimum Gasteiger partial charge on any atom is -0.508 e. The Morgan fingerprint density at radius 2 is 1.12 bits per heavy atom. The first-order valence-corrected chi connectivity index (χ1v) is 9.00. The number of aromatic hydroxyl groups is 2. The molecule has 2 rings (SSSR count). The first-order chi connectivity index (χ1) is 11.3. The Labute approximate surface area is 146 Å². The van der Waals surface area contributed by atoms with E-state index in [2.05, 4.69) is 46.8 Å². The smallest absolute Gasteiger partial charge is 0.115 e. The summed E-state index contributed by atoms with van der Waals surface area (Å²) in [6.07, 6.45) is 2.14. The van der Waals surface area contributed by atoms with Gasteiger partial charge < -0.3 is 10.2 Å². The summed E-state index contributed by atoms with van der Waals surface area (Å²) in [6, 6.07) is 11.5. The molecule has 0 unspecified atom stereocenters. The molecular formula is C22H30O2. The summed E-state index contributed by atoms with van der Waals surface area (Å²) in [7, 11) is 0. The Balaban J connectivity index is 2.64. The third kappa shape index (κ3) is 3.92. The lowest BCUT2D eigenvalue weighted by Crippen LogP contribution is -2.09. The van der Waals surface area contributed by atoms with Crippen molar-refractivity contribution >= 4 is 0 Å². The molecule has 0 spiro atoms. The van der Waals surface area contributed by atoms with Crippen molar-refractivity contribution in [3.8, 4) is 11.5 Å². The zero-order chi connectivity index (χ0) is 17.9. The molecule has 2 nitrogen and oxygen atoms in total. The van der Waals surface area contributed by atoms with Gasteiger partial charge in [-0.2, -0.15) is 0 Å². The molecule has 24 heavy (non-hydrogen) atoms. The second-order valence-corrected chi connectivity index (χ2v) is 7.28. The molecule has 2 aromatic carbocycles.